The van der Waals surface area contributed by atoms with Crippen LogP contribution in [0.2, 0.25) is 0 Å². The van der Waals surface area contributed by atoms with Crippen LogP contribution < -0.4 is 0 Å². The summed E-state index contributed by atoms with van der Waals surface area (Å²) in [6, 6.07) is 21.8. The Bertz CT molecular complexity index is 1220. The first-order chi connectivity index (χ1) is 14.5. The molecule has 0 aliphatic carbocycles. The van der Waals surface area contributed by atoms with Gasteiger partial charge in [-0.2, -0.15) is 9.57 Å². The predicted octanol–water partition coefficient (Wildman–Crippen LogP) is 2.79. The number of fused-ring (bicyclic) bond motifs is 1. The number of benzene rings is 3. The molecular weight excluding hydrogens is 398 g/mol. The van der Waals surface area contributed by atoms with E-state index in [-0.39, 0.29) is 23.9 Å². The number of hydrogen-bond donors (Lipinski definition) is 0. The van der Waals surface area contributed by atoms with Crippen molar-refractivity contribution >= 4 is 26.7 Å². The highest BCUT2D eigenvalue weighted by Crippen LogP contribution is 2.21. The second-order valence-electron chi connectivity index (χ2n) is 7.24. The second-order valence-corrected chi connectivity index (χ2v) is 9.17. The zero-order valence-corrected chi connectivity index (χ0v) is 17.2. The predicted molar refractivity (Wildman–Crippen MR) is 114 cm³/mol. The van der Waals surface area contributed by atoms with Crippen molar-refractivity contribution in [3.8, 4) is 6.07 Å². The molecule has 0 spiro atoms. The van der Waals surface area contributed by atoms with Gasteiger partial charge >= 0.3 is 0 Å². The first-order valence-corrected chi connectivity index (χ1v) is 11.2. The van der Waals surface area contributed by atoms with Crippen LogP contribution in [-0.4, -0.2) is 49.7 Å². The van der Waals surface area contributed by atoms with Crippen LogP contribution in [-0.2, 0) is 21.2 Å². The molecule has 3 aromatic rings. The van der Waals surface area contributed by atoms with Gasteiger partial charge < -0.3 is 4.90 Å². The molecule has 0 unspecified atom stereocenters. The first kappa shape index (κ1) is 20.1. The van der Waals surface area contributed by atoms with Gasteiger partial charge in [0.05, 0.1) is 22.9 Å². The van der Waals surface area contributed by atoms with Gasteiger partial charge in [0.2, 0.25) is 15.9 Å². The minimum atomic E-state index is -3.64. The third-order valence-corrected chi connectivity index (χ3v) is 7.35. The summed E-state index contributed by atoms with van der Waals surface area (Å²) >= 11 is 0. The third kappa shape index (κ3) is 3.92. The Morgan fingerprint density at radius 1 is 0.900 bits per heavy atom. The summed E-state index contributed by atoms with van der Waals surface area (Å²) in [5.74, 6) is 0.00164. The average Bonchev–Trinajstić information content (AvgIpc) is 2.79. The van der Waals surface area contributed by atoms with Crippen LogP contribution >= 0.6 is 0 Å². The lowest BCUT2D eigenvalue weighted by molar-refractivity contribution is -0.131. The largest absolute Gasteiger partial charge is 0.340 e. The van der Waals surface area contributed by atoms with Gasteiger partial charge in [0.25, 0.3) is 0 Å². The number of carbonyl (C=O) groups is 1. The summed E-state index contributed by atoms with van der Waals surface area (Å²) in [6.45, 7) is 1.23. The Morgan fingerprint density at radius 3 is 2.27 bits per heavy atom. The molecule has 1 fully saturated rings. The molecule has 1 aliphatic heterocycles. The maximum atomic E-state index is 12.8. The summed E-state index contributed by atoms with van der Waals surface area (Å²) in [6.07, 6.45) is 0.295. The Morgan fingerprint density at radius 2 is 1.57 bits per heavy atom. The zero-order chi connectivity index (χ0) is 21.1. The van der Waals surface area contributed by atoms with E-state index in [2.05, 4.69) is 0 Å². The summed E-state index contributed by atoms with van der Waals surface area (Å²) < 4.78 is 27.1. The molecule has 0 saturated carbocycles. The maximum Gasteiger partial charge on any atom is 0.243 e. The quantitative estimate of drug-likeness (QED) is 0.651. The lowest BCUT2D eigenvalue weighted by atomic mass is 10.0. The molecule has 3 aromatic carbocycles. The van der Waals surface area contributed by atoms with Gasteiger partial charge in [-0.05, 0) is 40.6 Å². The van der Waals surface area contributed by atoms with Gasteiger partial charge in [-0.1, -0.05) is 42.5 Å². The van der Waals surface area contributed by atoms with Crippen molar-refractivity contribution in [3.63, 3.8) is 0 Å². The number of rotatable bonds is 4. The van der Waals surface area contributed by atoms with Crippen LogP contribution in [0.4, 0.5) is 0 Å². The fourth-order valence-corrected chi connectivity index (χ4v) is 5.17. The molecule has 1 aliphatic rings. The minimum absolute atomic E-state index is 0.00164. The van der Waals surface area contributed by atoms with E-state index in [1.165, 1.54) is 28.6 Å². The van der Waals surface area contributed by atoms with Gasteiger partial charge in [0, 0.05) is 26.2 Å². The molecule has 1 heterocycles. The number of amides is 1. The van der Waals surface area contributed by atoms with Gasteiger partial charge in [-0.15, -0.1) is 0 Å². The van der Waals surface area contributed by atoms with Crippen LogP contribution in [0.5, 0.6) is 0 Å². The van der Waals surface area contributed by atoms with E-state index in [1.54, 1.807) is 4.90 Å². The summed E-state index contributed by atoms with van der Waals surface area (Å²) in [5, 5.41) is 11.0. The number of piperazine rings is 1. The zero-order valence-electron chi connectivity index (χ0n) is 16.4. The lowest BCUT2D eigenvalue weighted by Gasteiger charge is -2.34. The SMILES string of the molecule is N#Cc1ccc(S(=O)(=O)N2CCN(C(=O)Cc3cccc4ccccc34)CC2)cc1. The minimum Gasteiger partial charge on any atom is -0.340 e. The van der Waals surface area contributed by atoms with Crippen LogP contribution in [0.1, 0.15) is 11.1 Å². The van der Waals surface area contributed by atoms with E-state index in [4.69, 9.17) is 5.26 Å². The molecule has 0 radical (unpaired) electrons. The number of nitrogens with zero attached hydrogens (tertiary/aromatic N) is 3. The van der Waals surface area contributed by atoms with E-state index in [0.29, 0.717) is 25.1 Å². The average molecular weight is 420 g/mol. The summed E-state index contributed by atoms with van der Waals surface area (Å²) in [7, 11) is -3.64. The topological polar surface area (TPSA) is 81.5 Å². The highest BCUT2D eigenvalue weighted by Gasteiger charge is 2.30. The van der Waals surface area contributed by atoms with Gasteiger partial charge in [0.15, 0.2) is 0 Å². The monoisotopic (exact) mass is 419 g/mol. The van der Waals surface area contributed by atoms with E-state index in [9.17, 15) is 13.2 Å². The molecule has 0 aromatic heterocycles. The van der Waals surface area contributed by atoms with E-state index in [1.807, 2.05) is 48.5 Å². The fraction of sp³-hybridized carbons (Fsp3) is 0.217. The molecular formula is C23H21N3O3S. The van der Waals surface area contributed by atoms with Gasteiger partial charge in [0.1, 0.15) is 0 Å². The van der Waals surface area contributed by atoms with Crippen molar-refractivity contribution < 1.29 is 13.2 Å². The Kier molecular flexibility index (Phi) is 5.53. The summed E-state index contributed by atoms with van der Waals surface area (Å²) in [5.41, 5.74) is 1.39. The molecule has 1 amide bonds. The molecule has 1 saturated heterocycles. The maximum absolute atomic E-state index is 12.8. The van der Waals surface area contributed by atoms with Crippen LogP contribution in [0.15, 0.2) is 71.6 Å². The van der Waals surface area contributed by atoms with Crippen molar-refractivity contribution in [2.24, 2.45) is 0 Å². The molecule has 7 heteroatoms. The molecule has 30 heavy (non-hydrogen) atoms. The number of sulfonamides is 1. The highest BCUT2D eigenvalue weighted by molar-refractivity contribution is 7.89. The standard InChI is InChI=1S/C23H21N3O3S/c24-17-18-8-10-21(11-9-18)30(28,29)26-14-12-25(13-15-26)23(27)16-20-6-3-5-19-4-1-2-7-22(19)20/h1-11H,12-16H2. The van der Waals surface area contributed by atoms with Crippen molar-refractivity contribution in [1.29, 1.82) is 5.26 Å². The smallest absolute Gasteiger partial charge is 0.243 e. The fourth-order valence-electron chi connectivity index (χ4n) is 3.75. The lowest BCUT2D eigenvalue weighted by Crippen LogP contribution is -2.50. The van der Waals surface area contributed by atoms with Crippen LogP contribution in [0.3, 0.4) is 0 Å². The van der Waals surface area contributed by atoms with Crippen molar-refractivity contribution in [2.45, 2.75) is 11.3 Å². The molecule has 6 nitrogen and oxygen atoms in total. The normalized spacial score (nSPS) is 15.1. The number of nitriles is 1. The highest BCUT2D eigenvalue weighted by atomic mass is 32.2. The van der Waals surface area contributed by atoms with E-state index >= 15 is 0 Å². The van der Waals surface area contributed by atoms with E-state index in [0.717, 1.165) is 16.3 Å². The third-order valence-electron chi connectivity index (χ3n) is 5.43. The van der Waals surface area contributed by atoms with Gasteiger partial charge in [-0.25, -0.2) is 8.42 Å². The number of hydrogen-bond acceptors (Lipinski definition) is 4. The van der Waals surface area contributed by atoms with Crippen molar-refractivity contribution in [3.05, 3.63) is 77.9 Å². The molecule has 0 atom stereocenters. The Balaban J connectivity index is 1.42. The summed E-state index contributed by atoms with van der Waals surface area (Å²) in [4.78, 5) is 14.7. The van der Waals surface area contributed by atoms with Crippen molar-refractivity contribution in [2.75, 3.05) is 26.2 Å². The van der Waals surface area contributed by atoms with Crippen molar-refractivity contribution in [1.82, 2.24) is 9.21 Å². The van der Waals surface area contributed by atoms with E-state index < -0.39 is 10.0 Å². The molecule has 152 valence electrons. The molecule has 4 rings (SSSR count). The van der Waals surface area contributed by atoms with Gasteiger partial charge in [-0.3, -0.25) is 4.79 Å². The second kappa shape index (κ2) is 8.27. The molecule has 0 N–H and O–H groups in total. The number of carbonyl (C=O) groups excluding carboxylic acids is 1. The Labute approximate surface area is 176 Å². The van der Waals surface area contributed by atoms with Crippen LogP contribution in [0, 0.1) is 11.3 Å². The Hall–Kier alpha value is -3.21. The van der Waals surface area contributed by atoms with Crippen LogP contribution in [0.25, 0.3) is 10.8 Å². The first-order valence-electron chi connectivity index (χ1n) is 9.74. The molecule has 0 bridgehead atoms.